The maximum Gasteiger partial charge on any atom is 0.335 e. The summed E-state index contributed by atoms with van der Waals surface area (Å²) in [5, 5.41) is 2.46. The molecule has 0 saturated heterocycles. The number of esters is 1. The van der Waals surface area contributed by atoms with Crippen molar-refractivity contribution in [3.8, 4) is 0 Å². The van der Waals surface area contributed by atoms with Gasteiger partial charge in [0.25, 0.3) is 5.91 Å². The van der Waals surface area contributed by atoms with Crippen molar-refractivity contribution in [1.29, 1.82) is 0 Å². The molecule has 1 rings (SSSR count). The maximum absolute atomic E-state index is 11.8. The van der Waals surface area contributed by atoms with Gasteiger partial charge in [0.1, 0.15) is 17.9 Å². The fourth-order valence-corrected chi connectivity index (χ4v) is 1.22. The minimum Gasteiger partial charge on any atom is -0.458 e. The number of hydrogen-bond donors (Lipinski definition) is 1. The highest BCUT2D eigenvalue weighted by Crippen LogP contribution is 2.08. The first-order chi connectivity index (χ1) is 8.69. The van der Waals surface area contributed by atoms with Crippen LogP contribution in [0, 0.1) is 0 Å². The molecule has 19 heavy (non-hydrogen) atoms. The Kier molecular flexibility index (Phi) is 4.47. The molecule has 0 radical (unpaired) electrons. The van der Waals surface area contributed by atoms with E-state index >= 15 is 0 Å². The van der Waals surface area contributed by atoms with Gasteiger partial charge in [0.15, 0.2) is 0 Å². The molecule has 0 fully saturated rings. The summed E-state index contributed by atoms with van der Waals surface area (Å²) < 4.78 is 9.70. The molecule has 104 valence electrons. The number of nitrogens with one attached hydrogen (secondary N) is 1. The Morgan fingerprint density at radius 1 is 1.32 bits per heavy atom. The molecular formula is C13H17NO5. The van der Waals surface area contributed by atoms with Crippen LogP contribution in [-0.2, 0) is 9.53 Å². The average molecular weight is 267 g/mol. The van der Waals surface area contributed by atoms with Gasteiger partial charge >= 0.3 is 11.6 Å². The number of rotatable bonds is 3. The Labute approximate surface area is 110 Å². The van der Waals surface area contributed by atoms with E-state index in [4.69, 9.17) is 4.74 Å². The van der Waals surface area contributed by atoms with Crippen LogP contribution in [0.2, 0.25) is 0 Å². The van der Waals surface area contributed by atoms with E-state index in [0.717, 1.165) is 12.3 Å². The fourth-order valence-electron chi connectivity index (χ4n) is 1.22. The third-order valence-electron chi connectivity index (χ3n) is 2.07. The van der Waals surface area contributed by atoms with E-state index in [-0.39, 0.29) is 5.56 Å². The zero-order valence-corrected chi connectivity index (χ0v) is 11.4. The van der Waals surface area contributed by atoms with Crippen molar-refractivity contribution < 1.29 is 18.7 Å². The van der Waals surface area contributed by atoms with Gasteiger partial charge in [-0.2, -0.15) is 0 Å². The summed E-state index contributed by atoms with van der Waals surface area (Å²) in [6.45, 7) is 6.74. The van der Waals surface area contributed by atoms with Crippen LogP contribution in [0.25, 0.3) is 0 Å². The molecule has 1 heterocycles. The van der Waals surface area contributed by atoms with Crippen molar-refractivity contribution in [2.75, 3.05) is 0 Å². The molecular weight excluding hydrogens is 250 g/mol. The Balaban J connectivity index is 2.64. The highest BCUT2D eigenvalue weighted by atomic mass is 16.6. The van der Waals surface area contributed by atoms with Crippen molar-refractivity contribution in [2.45, 2.75) is 39.3 Å². The molecule has 1 atom stereocenters. The quantitative estimate of drug-likeness (QED) is 0.829. The van der Waals surface area contributed by atoms with E-state index in [2.05, 4.69) is 9.73 Å². The minimum atomic E-state index is -0.793. The first-order valence-electron chi connectivity index (χ1n) is 5.81. The highest BCUT2D eigenvalue weighted by Gasteiger charge is 2.23. The van der Waals surface area contributed by atoms with Crippen LogP contribution in [0.1, 0.15) is 38.1 Å². The number of carbonyl (C=O) groups excluding carboxylic acids is 2. The molecule has 1 aromatic rings. The molecule has 0 unspecified atom stereocenters. The van der Waals surface area contributed by atoms with Gasteiger partial charge in [-0.3, -0.25) is 4.79 Å². The second-order valence-corrected chi connectivity index (χ2v) is 5.07. The van der Waals surface area contributed by atoms with Gasteiger partial charge in [-0.15, -0.1) is 0 Å². The molecule has 0 bridgehead atoms. The summed E-state index contributed by atoms with van der Waals surface area (Å²) in [7, 11) is 0. The van der Waals surface area contributed by atoms with Crippen molar-refractivity contribution in [1.82, 2.24) is 5.32 Å². The van der Waals surface area contributed by atoms with E-state index in [0.29, 0.717) is 0 Å². The molecule has 0 saturated carbocycles. The molecule has 1 N–H and O–H groups in total. The lowest BCUT2D eigenvalue weighted by atomic mass is 10.2. The molecule has 1 amide bonds. The third kappa shape index (κ3) is 4.95. The lowest BCUT2D eigenvalue weighted by molar-refractivity contribution is -0.156. The largest absolute Gasteiger partial charge is 0.458 e. The number of carbonyl (C=O) groups is 2. The van der Waals surface area contributed by atoms with E-state index in [1.807, 2.05) is 0 Å². The van der Waals surface area contributed by atoms with Gasteiger partial charge in [-0.25, -0.2) is 9.59 Å². The monoisotopic (exact) mass is 267 g/mol. The predicted octanol–water partition coefficient (Wildman–Crippen LogP) is 1.10. The van der Waals surface area contributed by atoms with Crippen molar-refractivity contribution in [3.63, 3.8) is 0 Å². The van der Waals surface area contributed by atoms with Crippen LogP contribution in [0.15, 0.2) is 27.6 Å². The summed E-state index contributed by atoms with van der Waals surface area (Å²) >= 11 is 0. The highest BCUT2D eigenvalue weighted by molar-refractivity contribution is 5.96. The topological polar surface area (TPSA) is 85.6 Å². The zero-order chi connectivity index (χ0) is 14.6. The fraction of sp³-hybridized carbons (Fsp3) is 0.462. The molecule has 0 aliphatic carbocycles. The lowest BCUT2D eigenvalue weighted by Crippen LogP contribution is -2.42. The van der Waals surface area contributed by atoms with E-state index in [1.54, 1.807) is 20.8 Å². The second kappa shape index (κ2) is 5.69. The van der Waals surface area contributed by atoms with E-state index in [1.165, 1.54) is 13.0 Å². The first kappa shape index (κ1) is 14.9. The Morgan fingerprint density at radius 3 is 2.42 bits per heavy atom. The van der Waals surface area contributed by atoms with Gasteiger partial charge in [0.2, 0.25) is 0 Å². The lowest BCUT2D eigenvalue weighted by Gasteiger charge is -2.22. The minimum absolute atomic E-state index is 0.162. The van der Waals surface area contributed by atoms with Crippen LogP contribution < -0.4 is 10.9 Å². The zero-order valence-electron chi connectivity index (χ0n) is 11.4. The van der Waals surface area contributed by atoms with E-state index in [9.17, 15) is 14.4 Å². The summed E-state index contributed by atoms with van der Waals surface area (Å²) in [5.41, 5.74) is -0.998. The molecule has 0 aromatic carbocycles. The third-order valence-corrected chi connectivity index (χ3v) is 2.07. The van der Waals surface area contributed by atoms with Crippen molar-refractivity contribution in [2.24, 2.45) is 0 Å². The van der Waals surface area contributed by atoms with Crippen LogP contribution in [-0.4, -0.2) is 23.5 Å². The molecule has 0 spiro atoms. The Hall–Kier alpha value is -2.11. The van der Waals surface area contributed by atoms with Gasteiger partial charge in [0.05, 0.1) is 5.56 Å². The summed E-state index contributed by atoms with van der Waals surface area (Å²) in [4.78, 5) is 34.2. The van der Waals surface area contributed by atoms with Crippen molar-refractivity contribution in [3.05, 3.63) is 34.4 Å². The molecule has 1 aromatic heterocycles. The normalized spacial score (nSPS) is 12.6. The average Bonchev–Trinajstić information content (AvgIpc) is 2.27. The summed E-state index contributed by atoms with van der Waals surface area (Å²) in [6, 6.07) is 1.66. The van der Waals surface area contributed by atoms with Crippen molar-refractivity contribution >= 4 is 11.9 Å². The van der Waals surface area contributed by atoms with Crippen LogP contribution >= 0.6 is 0 Å². The number of ether oxygens (including phenoxy) is 1. The van der Waals surface area contributed by atoms with Crippen LogP contribution in [0.4, 0.5) is 0 Å². The van der Waals surface area contributed by atoms with Gasteiger partial charge in [0, 0.05) is 6.07 Å². The molecule has 6 nitrogen and oxygen atoms in total. The number of amides is 1. The summed E-state index contributed by atoms with van der Waals surface area (Å²) in [6.07, 6.45) is 1.04. The standard InChI is InChI=1S/C13H17NO5/c1-8(12(17)19-13(2,3)4)14-11(16)9-5-6-10(15)18-7-9/h5-8H,1-4H3,(H,14,16)/t8-/m0/s1. The Morgan fingerprint density at radius 2 is 1.95 bits per heavy atom. The molecule has 0 aliphatic rings. The predicted molar refractivity (Wildman–Crippen MR) is 67.8 cm³/mol. The van der Waals surface area contributed by atoms with Crippen LogP contribution in [0.3, 0.4) is 0 Å². The first-order valence-corrected chi connectivity index (χ1v) is 5.81. The summed E-state index contributed by atoms with van der Waals surface area (Å²) in [5.74, 6) is -1.04. The molecule has 6 heteroatoms. The second-order valence-electron chi connectivity index (χ2n) is 5.07. The van der Waals surface area contributed by atoms with Crippen LogP contribution in [0.5, 0.6) is 0 Å². The van der Waals surface area contributed by atoms with Gasteiger partial charge in [-0.05, 0) is 33.8 Å². The number of hydrogen-bond acceptors (Lipinski definition) is 5. The smallest absolute Gasteiger partial charge is 0.335 e. The SMILES string of the molecule is C[C@H](NC(=O)c1ccc(=O)oc1)C(=O)OC(C)(C)C. The van der Waals surface area contributed by atoms with E-state index < -0.39 is 29.1 Å². The maximum atomic E-state index is 11.8. The Bertz CT molecular complexity index is 506. The van der Waals surface area contributed by atoms with Gasteiger partial charge < -0.3 is 14.5 Å². The molecule has 0 aliphatic heterocycles. The van der Waals surface area contributed by atoms with Gasteiger partial charge in [-0.1, -0.05) is 0 Å².